The summed E-state index contributed by atoms with van der Waals surface area (Å²) < 4.78 is 13.1. The van der Waals surface area contributed by atoms with Crippen molar-refractivity contribution in [1.29, 1.82) is 0 Å². The number of benzene rings is 1. The summed E-state index contributed by atoms with van der Waals surface area (Å²) in [6.07, 6.45) is 0.368. The van der Waals surface area contributed by atoms with Gasteiger partial charge in [0.05, 0.1) is 23.1 Å². The zero-order valence-electron chi connectivity index (χ0n) is 12.8. The van der Waals surface area contributed by atoms with Crippen LogP contribution >= 0.6 is 11.6 Å². The minimum Gasteiger partial charge on any atom is -0.426 e. The zero-order chi connectivity index (χ0) is 17.6. The van der Waals surface area contributed by atoms with E-state index in [4.69, 9.17) is 11.6 Å². The molecule has 0 heterocycles. The molecule has 1 atom stereocenters. The third kappa shape index (κ3) is 6.56. The number of carbonyl (C=O) groups is 2. The van der Waals surface area contributed by atoms with Gasteiger partial charge in [-0.2, -0.15) is 0 Å². The van der Waals surface area contributed by atoms with Crippen molar-refractivity contribution in [2.75, 3.05) is 6.54 Å². The molecule has 2 amide bonds. The van der Waals surface area contributed by atoms with Crippen LogP contribution in [-0.4, -0.2) is 41.5 Å². The summed E-state index contributed by atoms with van der Waals surface area (Å²) in [6, 6.07) is 3.33. The van der Waals surface area contributed by atoms with Crippen LogP contribution in [0.2, 0.25) is 5.02 Å². The zero-order valence-corrected chi connectivity index (χ0v) is 13.6. The van der Waals surface area contributed by atoms with Crippen molar-refractivity contribution < 1.29 is 24.0 Å². The highest BCUT2D eigenvalue weighted by atomic mass is 35.5. The van der Waals surface area contributed by atoms with Crippen molar-refractivity contribution in [3.05, 3.63) is 34.6 Å². The van der Waals surface area contributed by atoms with Crippen LogP contribution in [0.5, 0.6) is 0 Å². The summed E-state index contributed by atoms with van der Waals surface area (Å²) in [4.78, 5) is 23.7. The van der Waals surface area contributed by atoms with E-state index in [0.717, 1.165) is 12.1 Å². The van der Waals surface area contributed by atoms with Crippen LogP contribution in [0.1, 0.15) is 30.6 Å². The third-order valence-electron chi connectivity index (χ3n) is 3.01. The number of hydrogen-bond acceptors (Lipinski definition) is 4. The Bertz CT molecular complexity index is 572. The highest BCUT2D eigenvalue weighted by Gasteiger charge is 2.26. The standard InChI is InChI=1S/C14H19BClFN2O4/c1-8(2)5-12(15(22)23)19-13(20)7-18-14(21)10-6-9(17)3-4-11(10)16/h3-4,6,8,12,22-23H,5,7H2,1-2H3,(H,18,21)(H,19,20)/t12-/m0/s1. The van der Waals surface area contributed by atoms with Crippen LogP contribution in [0.25, 0.3) is 0 Å². The first-order valence-corrected chi connectivity index (χ1v) is 7.47. The van der Waals surface area contributed by atoms with Crippen molar-refractivity contribution in [1.82, 2.24) is 10.6 Å². The van der Waals surface area contributed by atoms with Gasteiger partial charge >= 0.3 is 7.12 Å². The van der Waals surface area contributed by atoms with Gasteiger partial charge in [-0.25, -0.2) is 4.39 Å². The number of amides is 2. The quantitative estimate of drug-likeness (QED) is 0.549. The number of nitrogens with one attached hydrogen (secondary N) is 2. The molecule has 1 rings (SSSR count). The van der Waals surface area contributed by atoms with Crippen LogP contribution < -0.4 is 10.6 Å². The Kier molecular flexibility index (Phi) is 7.47. The number of carbonyl (C=O) groups excluding carboxylic acids is 2. The third-order valence-corrected chi connectivity index (χ3v) is 3.34. The van der Waals surface area contributed by atoms with Crippen molar-refractivity contribution in [2.45, 2.75) is 26.2 Å². The smallest absolute Gasteiger partial charge is 0.426 e. The molecule has 23 heavy (non-hydrogen) atoms. The van der Waals surface area contributed by atoms with Gasteiger partial charge < -0.3 is 20.7 Å². The Labute approximate surface area is 139 Å². The van der Waals surface area contributed by atoms with Crippen molar-refractivity contribution >= 4 is 30.5 Å². The molecule has 0 unspecified atom stereocenters. The van der Waals surface area contributed by atoms with Gasteiger partial charge in [-0.3, -0.25) is 9.59 Å². The number of halogens is 2. The second-order valence-corrected chi connectivity index (χ2v) is 5.93. The molecule has 0 saturated heterocycles. The van der Waals surface area contributed by atoms with E-state index in [1.54, 1.807) is 0 Å². The Morgan fingerprint density at radius 3 is 2.57 bits per heavy atom. The first-order chi connectivity index (χ1) is 10.7. The van der Waals surface area contributed by atoms with Crippen LogP contribution in [0, 0.1) is 11.7 Å². The Morgan fingerprint density at radius 1 is 1.35 bits per heavy atom. The van der Waals surface area contributed by atoms with Crippen LogP contribution in [0.15, 0.2) is 18.2 Å². The van der Waals surface area contributed by atoms with Gasteiger partial charge in [0, 0.05) is 0 Å². The lowest BCUT2D eigenvalue weighted by atomic mass is 9.75. The van der Waals surface area contributed by atoms with Gasteiger partial charge in [0.1, 0.15) is 5.82 Å². The average molecular weight is 345 g/mol. The first-order valence-electron chi connectivity index (χ1n) is 7.09. The fourth-order valence-electron chi connectivity index (χ4n) is 1.95. The molecule has 0 bridgehead atoms. The fraction of sp³-hybridized carbons (Fsp3) is 0.429. The van der Waals surface area contributed by atoms with Gasteiger partial charge in [-0.1, -0.05) is 25.4 Å². The molecule has 126 valence electrons. The van der Waals surface area contributed by atoms with E-state index >= 15 is 0 Å². The van der Waals surface area contributed by atoms with Crippen LogP contribution in [0.3, 0.4) is 0 Å². The molecular weight excluding hydrogens is 325 g/mol. The summed E-state index contributed by atoms with van der Waals surface area (Å²) in [5.41, 5.74) is -0.0830. The summed E-state index contributed by atoms with van der Waals surface area (Å²) in [6.45, 7) is 3.34. The molecular formula is C14H19BClFN2O4. The lowest BCUT2D eigenvalue weighted by Gasteiger charge is -2.19. The molecule has 0 radical (unpaired) electrons. The lowest BCUT2D eigenvalue weighted by Crippen LogP contribution is -2.50. The second-order valence-electron chi connectivity index (χ2n) is 5.52. The summed E-state index contributed by atoms with van der Waals surface area (Å²) in [7, 11) is -1.70. The molecule has 9 heteroatoms. The minimum absolute atomic E-state index is 0.0628. The largest absolute Gasteiger partial charge is 0.475 e. The van der Waals surface area contributed by atoms with E-state index < -0.39 is 37.2 Å². The van der Waals surface area contributed by atoms with Gasteiger partial charge in [0.15, 0.2) is 0 Å². The normalized spacial score (nSPS) is 12.0. The molecule has 0 spiro atoms. The Morgan fingerprint density at radius 2 is 2.00 bits per heavy atom. The van der Waals surface area contributed by atoms with Gasteiger partial charge in [0.2, 0.25) is 5.91 Å². The molecule has 0 fully saturated rings. The SMILES string of the molecule is CC(C)C[C@H](NC(=O)CNC(=O)c1cc(F)ccc1Cl)B(O)O. The second kappa shape index (κ2) is 8.86. The van der Waals surface area contributed by atoms with E-state index in [2.05, 4.69) is 10.6 Å². The first kappa shape index (κ1) is 19.4. The van der Waals surface area contributed by atoms with Crippen molar-refractivity contribution in [2.24, 2.45) is 5.92 Å². The molecule has 0 saturated carbocycles. The molecule has 1 aromatic carbocycles. The van der Waals surface area contributed by atoms with Crippen LogP contribution in [-0.2, 0) is 4.79 Å². The van der Waals surface area contributed by atoms with Crippen molar-refractivity contribution in [3.8, 4) is 0 Å². The predicted molar refractivity (Wildman–Crippen MR) is 85.3 cm³/mol. The highest BCUT2D eigenvalue weighted by molar-refractivity contribution is 6.43. The maximum Gasteiger partial charge on any atom is 0.475 e. The highest BCUT2D eigenvalue weighted by Crippen LogP contribution is 2.16. The average Bonchev–Trinajstić information content (AvgIpc) is 2.46. The molecule has 6 nitrogen and oxygen atoms in total. The summed E-state index contributed by atoms with van der Waals surface area (Å²) >= 11 is 5.80. The Hall–Kier alpha value is -1.64. The van der Waals surface area contributed by atoms with Crippen molar-refractivity contribution in [3.63, 3.8) is 0 Å². The van der Waals surface area contributed by atoms with E-state index in [1.807, 2.05) is 13.8 Å². The van der Waals surface area contributed by atoms with E-state index in [0.29, 0.717) is 6.42 Å². The van der Waals surface area contributed by atoms with Gasteiger partial charge in [0.25, 0.3) is 5.91 Å². The maximum atomic E-state index is 13.1. The Balaban J connectivity index is 2.58. The van der Waals surface area contributed by atoms with Crippen LogP contribution in [0.4, 0.5) is 4.39 Å². The van der Waals surface area contributed by atoms with Gasteiger partial charge in [-0.05, 0) is 30.5 Å². The topological polar surface area (TPSA) is 98.7 Å². The summed E-state index contributed by atoms with van der Waals surface area (Å²) in [5, 5.41) is 23.2. The number of rotatable bonds is 7. The molecule has 0 aliphatic heterocycles. The van der Waals surface area contributed by atoms with E-state index in [9.17, 15) is 24.0 Å². The summed E-state index contributed by atoms with van der Waals surface area (Å²) in [5.74, 6) is -2.61. The lowest BCUT2D eigenvalue weighted by molar-refractivity contribution is -0.120. The molecule has 4 N–H and O–H groups in total. The fourth-order valence-corrected chi connectivity index (χ4v) is 2.15. The van der Waals surface area contributed by atoms with Gasteiger partial charge in [-0.15, -0.1) is 0 Å². The monoisotopic (exact) mass is 344 g/mol. The molecule has 0 aromatic heterocycles. The number of hydrogen-bond donors (Lipinski definition) is 4. The maximum absolute atomic E-state index is 13.1. The minimum atomic E-state index is -1.70. The molecule has 1 aromatic rings. The predicted octanol–water partition coefficient (Wildman–Crippen LogP) is 0.752. The molecule has 0 aliphatic rings. The molecule has 0 aliphatic carbocycles. The van der Waals surface area contributed by atoms with E-state index in [1.165, 1.54) is 6.07 Å². The van der Waals surface area contributed by atoms with E-state index in [-0.39, 0.29) is 16.5 Å².